The first kappa shape index (κ1) is 10.7. The Kier molecular flexibility index (Phi) is 2.41. The summed E-state index contributed by atoms with van der Waals surface area (Å²) in [7, 11) is 0. The minimum absolute atomic E-state index is 0.160. The number of nitrogens with zero attached hydrogens (tertiary/aromatic N) is 4. The summed E-state index contributed by atoms with van der Waals surface area (Å²) in [6.45, 7) is 1.51. The van der Waals surface area contributed by atoms with E-state index in [4.69, 9.17) is 0 Å². The first-order chi connectivity index (χ1) is 7.52. The standard InChI is InChI=1S/C7H4N4O4Se/c1-3-4(10(12)13)2-5(11(14)15)7-6(3)8-16-9-7/h2H,1H3. The number of non-ortho nitro benzene ring substituents is 1. The summed E-state index contributed by atoms with van der Waals surface area (Å²) >= 11 is -0.451. The summed E-state index contributed by atoms with van der Waals surface area (Å²) in [6, 6.07) is 0.939. The monoisotopic (exact) mass is 288 g/mol. The molecule has 0 aliphatic rings. The number of aromatic nitrogens is 2. The van der Waals surface area contributed by atoms with Gasteiger partial charge >= 0.3 is 94.0 Å². The van der Waals surface area contributed by atoms with E-state index in [1.54, 1.807) is 0 Å². The topological polar surface area (TPSA) is 112 Å². The van der Waals surface area contributed by atoms with E-state index < -0.39 is 24.8 Å². The van der Waals surface area contributed by atoms with Gasteiger partial charge in [-0.2, -0.15) is 0 Å². The summed E-state index contributed by atoms with van der Waals surface area (Å²) < 4.78 is 7.89. The molecule has 8 nitrogen and oxygen atoms in total. The Bertz CT molecular complexity index is 608. The molecule has 0 aliphatic heterocycles. The number of nitro benzene ring substituents is 2. The fraction of sp³-hybridized carbons (Fsp3) is 0.143. The van der Waals surface area contributed by atoms with Gasteiger partial charge in [-0.05, 0) is 0 Å². The van der Waals surface area contributed by atoms with Crippen LogP contribution in [0, 0.1) is 27.2 Å². The summed E-state index contributed by atoms with van der Waals surface area (Å²) in [5, 5.41) is 21.4. The number of aryl methyl sites for hydroxylation is 1. The van der Waals surface area contributed by atoms with E-state index in [-0.39, 0.29) is 22.4 Å². The Balaban J connectivity index is 2.90. The third kappa shape index (κ3) is 1.46. The molecule has 2 rings (SSSR count). The van der Waals surface area contributed by atoms with Gasteiger partial charge in [-0.1, -0.05) is 0 Å². The van der Waals surface area contributed by atoms with Crippen molar-refractivity contribution in [2.24, 2.45) is 0 Å². The van der Waals surface area contributed by atoms with E-state index >= 15 is 0 Å². The molecule has 82 valence electrons. The predicted octanol–water partition coefficient (Wildman–Crippen LogP) is 0.812. The molecule has 0 atom stereocenters. The Hall–Kier alpha value is -1.86. The van der Waals surface area contributed by atoms with Crippen LogP contribution >= 0.6 is 0 Å². The quantitative estimate of drug-likeness (QED) is 0.459. The number of rotatable bonds is 2. The van der Waals surface area contributed by atoms with Gasteiger partial charge in [-0.25, -0.2) is 0 Å². The van der Waals surface area contributed by atoms with Crippen LogP contribution in [0.4, 0.5) is 11.4 Å². The van der Waals surface area contributed by atoms with E-state index in [1.165, 1.54) is 6.92 Å². The molecule has 0 spiro atoms. The average Bonchev–Trinajstić information content (AvgIpc) is 2.66. The second-order valence-electron chi connectivity index (χ2n) is 3.02. The molecule has 0 aliphatic carbocycles. The van der Waals surface area contributed by atoms with Crippen LogP contribution < -0.4 is 0 Å². The van der Waals surface area contributed by atoms with Gasteiger partial charge in [0.2, 0.25) is 0 Å². The zero-order valence-electron chi connectivity index (χ0n) is 7.91. The summed E-state index contributed by atoms with van der Waals surface area (Å²) in [5.74, 6) is 0. The molecule has 1 aromatic carbocycles. The van der Waals surface area contributed by atoms with Crippen LogP contribution in [0.2, 0.25) is 0 Å². The fourth-order valence-corrected chi connectivity index (χ4v) is 2.63. The molecular weight excluding hydrogens is 283 g/mol. The van der Waals surface area contributed by atoms with Crippen LogP contribution in [0.1, 0.15) is 5.56 Å². The third-order valence-electron chi connectivity index (χ3n) is 2.14. The predicted molar refractivity (Wildman–Crippen MR) is 54.5 cm³/mol. The van der Waals surface area contributed by atoms with Crippen molar-refractivity contribution in [3.8, 4) is 0 Å². The Morgan fingerprint density at radius 3 is 2.25 bits per heavy atom. The van der Waals surface area contributed by atoms with Gasteiger partial charge in [0.05, 0.1) is 0 Å². The zero-order valence-corrected chi connectivity index (χ0v) is 9.62. The van der Waals surface area contributed by atoms with E-state index in [2.05, 4.69) is 7.96 Å². The summed E-state index contributed by atoms with van der Waals surface area (Å²) in [5.41, 5.74) is 0.125. The van der Waals surface area contributed by atoms with Gasteiger partial charge in [-0.3, -0.25) is 0 Å². The van der Waals surface area contributed by atoms with E-state index in [1.807, 2.05) is 0 Å². The van der Waals surface area contributed by atoms with Crippen LogP contribution in [-0.2, 0) is 0 Å². The van der Waals surface area contributed by atoms with E-state index in [0.29, 0.717) is 5.56 Å². The van der Waals surface area contributed by atoms with Crippen molar-refractivity contribution >= 4 is 37.4 Å². The molecule has 0 bridgehead atoms. The summed E-state index contributed by atoms with van der Waals surface area (Å²) in [6.07, 6.45) is 0. The van der Waals surface area contributed by atoms with Gasteiger partial charge in [0.25, 0.3) is 0 Å². The molecule has 0 unspecified atom stereocenters. The molecule has 0 saturated heterocycles. The molecule has 2 aromatic rings. The SMILES string of the molecule is Cc1c([N+](=O)[O-])cc([N+](=O)[O-])c2n[se]nc12. The first-order valence-corrected chi connectivity index (χ1v) is 5.60. The number of fused-ring (bicyclic) bond motifs is 1. The van der Waals surface area contributed by atoms with Crippen molar-refractivity contribution in [1.29, 1.82) is 0 Å². The molecule has 9 heteroatoms. The van der Waals surface area contributed by atoms with Crippen LogP contribution in [0.25, 0.3) is 11.0 Å². The van der Waals surface area contributed by atoms with Crippen LogP contribution in [0.15, 0.2) is 6.07 Å². The Morgan fingerprint density at radius 2 is 1.69 bits per heavy atom. The van der Waals surface area contributed by atoms with Crippen LogP contribution in [-0.4, -0.2) is 32.8 Å². The zero-order chi connectivity index (χ0) is 11.9. The van der Waals surface area contributed by atoms with Gasteiger partial charge in [0.1, 0.15) is 0 Å². The maximum atomic E-state index is 10.7. The Labute approximate surface area is 94.4 Å². The number of nitro groups is 2. The van der Waals surface area contributed by atoms with Crippen molar-refractivity contribution < 1.29 is 9.85 Å². The van der Waals surface area contributed by atoms with Gasteiger partial charge in [0, 0.05) is 0 Å². The number of hydrogen-bond acceptors (Lipinski definition) is 6. The molecular formula is C7H4N4O4Se. The van der Waals surface area contributed by atoms with Crippen molar-refractivity contribution in [2.75, 3.05) is 0 Å². The van der Waals surface area contributed by atoms with Gasteiger partial charge in [-0.15, -0.1) is 0 Å². The maximum absolute atomic E-state index is 10.7. The van der Waals surface area contributed by atoms with Gasteiger partial charge < -0.3 is 0 Å². The third-order valence-corrected chi connectivity index (χ3v) is 3.25. The molecule has 0 saturated carbocycles. The van der Waals surface area contributed by atoms with E-state index in [9.17, 15) is 20.2 Å². The number of hydrogen-bond donors (Lipinski definition) is 0. The Morgan fingerprint density at radius 1 is 1.12 bits per heavy atom. The first-order valence-electron chi connectivity index (χ1n) is 4.07. The van der Waals surface area contributed by atoms with Crippen molar-refractivity contribution in [3.05, 3.63) is 31.9 Å². The normalized spacial score (nSPS) is 10.6. The van der Waals surface area contributed by atoms with Crippen molar-refractivity contribution in [2.45, 2.75) is 6.92 Å². The van der Waals surface area contributed by atoms with Crippen LogP contribution in [0.3, 0.4) is 0 Å². The molecule has 0 N–H and O–H groups in total. The molecule has 0 amide bonds. The molecule has 1 heterocycles. The van der Waals surface area contributed by atoms with Crippen molar-refractivity contribution in [1.82, 2.24) is 7.96 Å². The molecule has 0 fully saturated rings. The number of benzene rings is 1. The van der Waals surface area contributed by atoms with Crippen LogP contribution in [0.5, 0.6) is 0 Å². The molecule has 16 heavy (non-hydrogen) atoms. The summed E-state index contributed by atoms with van der Waals surface area (Å²) in [4.78, 5) is 20.1. The molecule has 1 aromatic heterocycles. The molecule has 0 radical (unpaired) electrons. The van der Waals surface area contributed by atoms with Gasteiger partial charge in [0.15, 0.2) is 0 Å². The minimum atomic E-state index is -0.675. The fourth-order valence-electron chi connectivity index (χ4n) is 1.36. The average molecular weight is 287 g/mol. The van der Waals surface area contributed by atoms with Crippen molar-refractivity contribution in [3.63, 3.8) is 0 Å². The van der Waals surface area contributed by atoms with E-state index in [0.717, 1.165) is 6.07 Å². The second-order valence-corrected chi connectivity index (χ2v) is 4.12. The second kappa shape index (κ2) is 3.62.